The fourth-order valence-corrected chi connectivity index (χ4v) is 4.38. The summed E-state index contributed by atoms with van der Waals surface area (Å²) in [5.74, 6) is 0.834. The fourth-order valence-electron chi connectivity index (χ4n) is 2.37. The topological polar surface area (TPSA) is 42.0 Å². The largest absolute Gasteiger partial charge is 0.355 e. The van der Waals surface area contributed by atoms with Crippen molar-refractivity contribution in [1.82, 2.24) is 10.3 Å². The summed E-state index contributed by atoms with van der Waals surface area (Å²) in [5, 5.41) is 5.06. The van der Waals surface area contributed by atoms with Gasteiger partial charge in [0, 0.05) is 17.6 Å². The highest BCUT2D eigenvalue weighted by atomic mass is 32.2. The number of nitrogens with one attached hydrogen (secondary N) is 1. The smallest absolute Gasteiger partial charge is 0.233 e. The van der Waals surface area contributed by atoms with Crippen LogP contribution in [0.1, 0.15) is 44.7 Å². The zero-order chi connectivity index (χ0) is 13.7. The molecule has 1 atom stereocenters. The standard InChI is InChI=1S/C14H22N2OS2/c1-10-9-18-14(16-10)19-11(2)13(17)15-8-12-6-4-3-5-7-12/h9,11-12H,3-8H2,1-2H3,(H,15,17)/t11-/m1/s1. The fraction of sp³-hybridized carbons (Fsp3) is 0.714. The number of aromatic nitrogens is 1. The predicted octanol–water partition coefficient (Wildman–Crippen LogP) is 3.63. The van der Waals surface area contributed by atoms with Gasteiger partial charge in [0.05, 0.1) is 5.25 Å². The van der Waals surface area contributed by atoms with E-state index in [2.05, 4.69) is 10.3 Å². The molecule has 1 heterocycles. The van der Waals surface area contributed by atoms with E-state index in [4.69, 9.17) is 0 Å². The maximum absolute atomic E-state index is 12.0. The summed E-state index contributed by atoms with van der Waals surface area (Å²) in [4.78, 5) is 16.4. The molecule has 1 saturated carbocycles. The van der Waals surface area contributed by atoms with Crippen LogP contribution in [-0.4, -0.2) is 22.7 Å². The molecular weight excluding hydrogens is 276 g/mol. The lowest BCUT2D eigenvalue weighted by Crippen LogP contribution is -2.35. The van der Waals surface area contributed by atoms with Crippen LogP contribution in [0.5, 0.6) is 0 Å². The Bertz CT molecular complexity index is 413. The molecule has 0 radical (unpaired) electrons. The molecule has 5 heteroatoms. The van der Waals surface area contributed by atoms with Gasteiger partial charge < -0.3 is 5.32 Å². The van der Waals surface area contributed by atoms with Gasteiger partial charge in [-0.15, -0.1) is 11.3 Å². The van der Waals surface area contributed by atoms with E-state index in [1.165, 1.54) is 32.1 Å². The zero-order valence-electron chi connectivity index (χ0n) is 11.6. The van der Waals surface area contributed by atoms with Gasteiger partial charge in [-0.1, -0.05) is 31.0 Å². The second kappa shape index (κ2) is 7.29. The van der Waals surface area contributed by atoms with Gasteiger partial charge in [-0.2, -0.15) is 0 Å². The van der Waals surface area contributed by atoms with E-state index in [9.17, 15) is 4.79 Å². The first-order valence-electron chi connectivity index (χ1n) is 7.01. The van der Waals surface area contributed by atoms with Crippen molar-refractivity contribution in [2.45, 2.75) is 55.5 Å². The maximum Gasteiger partial charge on any atom is 0.233 e. The monoisotopic (exact) mass is 298 g/mol. The van der Waals surface area contributed by atoms with Crippen molar-refractivity contribution in [2.75, 3.05) is 6.54 Å². The summed E-state index contributed by atoms with van der Waals surface area (Å²) in [5.41, 5.74) is 1.03. The third kappa shape index (κ3) is 4.80. The number of thioether (sulfide) groups is 1. The number of aryl methyl sites for hydroxylation is 1. The van der Waals surface area contributed by atoms with Crippen LogP contribution in [0.2, 0.25) is 0 Å². The normalized spacial score (nSPS) is 18.2. The van der Waals surface area contributed by atoms with Crippen molar-refractivity contribution >= 4 is 29.0 Å². The van der Waals surface area contributed by atoms with Crippen molar-refractivity contribution in [3.63, 3.8) is 0 Å². The van der Waals surface area contributed by atoms with Gasteiger partial charge in [-0.05, 0) is 32.6 Å². The van der Waals surface area contributed by atoms with Crippen LogP contribution in [0.25, 0.3) is 0 Å². The molecule has 0 aliphatic heterocycles. The molecule has 1 aliphatic carbocycles. The SMILES string of the molecule is Cc1csc(S[C@H](C)C(=O)NCC2CCCCC2)n1. The lowest BCUT2D eigenvalue weighted by molar-refractivity contribution is -0.120. The van der Waals surface area contributed by atoms with Crippen molar-refractivity contribution in [2.24, 2.45) is 5.92 Å². The Labute approximate surface area is 123 Å². The van der Waals surface area contributed by atoms with E-state index in [-0.39, 0.29) is 11.2 Å². The van der Waals surface area contributed by atoms with Gasteiger partial charge in [0.2, 0.25) is 5.91 Å². The summed E-state index contributed by atoms with van der Waals surface area (Å²) in [7, 11) is 0. The number of hydrogen-bond donors (Lipinski definition) is 1. The molecule has 1 aromatic heterocycles. The van der Waals surface area contributed by atoms with E-state index in [0.29, 0.717) is 5.92 Å². The molecule has 19 heavy (non-hydrogen) atoms. The molecule has 2 rings (SSSR count). The second-order valence-corrected chi connectivity index (χ2v) is 7.71. The number of hydrogen-bond acceptors (Lipinski definition) is 4. The molecule has 0 spiro atoms. The van der Waals surface area contributed by atoms with E-state index in [1.807, 2.05) is 19.2 Å². The third-order valence-electron chi connectivity index (χ3n) is 3.53. The number of carbonyl (C=O) groups excluding carboxylic acids is 1. The Morgan fingerprint density at radius 3 is 2.89 bits per heavy atom. The molecule has 3 nitrogen and oxygen atoms in total. The van der Waals surface area contributed by atoms with Crippen molar-refractivity contribution in [3.05, 3.63) is 11.1 Å². The van der Waals surface area contributed by atoms with Gasteiger partial charge in [-0.3, -0.25) is 4.79 Å². The lowest BCUT2D eigenvalue weighted by Gasteiger charge is -2.22. The second-order valence-electron chi connectivity index (χ2n) is 5.26. The number of carbonyl (C=O) groups is 1. The molecule has 1 N–H and O–H groups in total. The highest BCUT2D eigenvalue weighted by Crippen LogP contribution is 2.27. The van der Waals surface area contributed by atoms with E-state index in [1.54, 1.807) is 23.1 Å². The molecule has 0 saturated heterocycles. The summed E-state index contributed by atoms with van der Waals surface area (Å²) >= 11 is 3.17. The highest BCUT2D eigenvalue weighted by molar-refractivity contribution is 8.02. The van der Waals surface area contributed by atoms with Gasteiger partial charge >= 0.3 is 0 Å². The van der Waals surface area contributed by atoms with Crippen molar-refractivity contribution < 1.29 is 4.79 Å². The van der Waals surface area contributed by atoms with Gasteiger partial charge in [-0.25, -0.2) is 4.98 Å². The Morgan fingerprint density at radius 2 is 2.26 bits per heavy atom. The molecule has 1 fully saturated rings. The third-order valence-corrected chi connectivity index (χ3v) is 5.72. The summed E-state index contributed by atoms with van der Waals surface area (Å²) < 4.78 is 0.984. The average Bonchev–Trinajstić information content (AvgIpc) is 2.82. The van der Waals surface area contributed by atoms with Gasteiger partial charge in [0.15, 0.2) is 4.34 Å². The Morgan fingerprint density at radius 1 is 1.53 bits per heavy atom. The van der Waals surface area contributed by atoms with E-state index < -0.39 is 0 Å². The summed E-state index contributed by atoms with van der Waals surface area (Å²) in [6.07, 6.45) is 6.55. The number of nitrogens with zero attached hydrogens (tertiary/aromatic N) is 1. The zero-order valence-corrected chi connectivity index (χ0v) is 13.3. The molecule has 0 aromatic carbocycles. The van der Waals surface area contributed by atoms with Crippen LogP contribution in [0.4, 0.5) is 0 Å². The van der Waals surface area contributed by atoms with Gasteiger partial charge in [0.1, 0.15) is 0 Å². The minimum Gasteiger partial charge on any atom is -0.355 e. The van der Waals surface area contributed by atoms with Crippen LogP contribution in [0, 0.1) is 12.8 Å². The van der Waals surface area contributed by atoms with E-state index in [0.717, 1.165) is 16.6 Å². The summed E-state index contributed by atoms with van der Waals surface area (Å²) in [6.45, 7) is 4.78. The highest BCUT2D eigenvalue weighted by Gasteiger charge is 2.18. The Balaban J connectivity index is 1.72. The van der Waals surface area contributed by atoms with E-state index >= 15 is 0 Å². The maximum atomic E-state index is 12.0. The molecule has 0 bridgehead atoms. The molecule has 1 aliphatic rings. The van der Waals surface area contributed by atoms with Gasteiger partial charge in [0.25, 0.3) is 0 Å². The molecule has 106 valence electrons. The quantitative estimate of drug-likeness (QED) is 0.844. The minimum absolute atomic E-state index is 0.0610. The minimum atomic E-state index is -0.0610. The average molecular weight is 298 g/mol. The van der Waals surface area contributed by atoms with Crippen LogP contribution in [-0.2, 0) is 4.79 Å². The molecule has 1 aromatic rings. The molecule has 0 unspecified atom stereocenters. The first-order valence-corrected chi connectivity index (χ1v) is 8.77. The number of amides is 1. The van der Waals surface area contributed by atoms with Crippen molar-refractivity contribution in [1.29, 1.82) is 0 Å². The lowest BCUT2D eigenvalue weighted by atomic mass is 9.89. The first kappa shape index (κ1) is 14.9. The van der Waals surface area contributed by atoms with Crippen LogP contribution >= 0.6 is 23.1 Å². The Kier molecular flexibility index (Phi) is 5.70. The summed E-state index contributed by atoms with van der Waals surface area (Å²) in [6, 6.07) is 0. The molecular formula is C14H22N2OS2. The number of rotatable bonds is 5. The first-order chi connectivity index (χ1) is 9.15. The Hall–Kier alpha value is -0.550. The van der Waals surface area contributed by atoms with Crippen LogP contribution in [0.15, 0.2) is 9.72 Å². The van der Waals surface area contributed by atoms with Crippen LogP contribution < -0.4 is 5.32 Å². The molecule has 1 amide bonds. The van der Waals surface area contributed by atoms with Crippen LogP contribution in [0.3, 0.4) is 0 Å². The number of thiazole rings is 1. The predicted molar refractivity (Wildman–Crippen MR) is 81.8 cm³/mol. The van der Waals surface area contributed by atoms with Crippen molar-refractivity contribution in [3.8, 4) is 0 Å².